The van der Waals surface area contributed by atoms with Crippen molar-refractivity contribution in [3.05, 3.63) is 46.2 Å². The van der Waals surface area contributed by atoms with Gasteiger partial charge in [0.1, 0.15) is 5.58 Å². The van der Waals surface area contributed by atoms with Crippen LogP contribution in [-0.2, 0) is 40.0 Å². The van der Waals surface area contributed by atoms with Gasteiger partial charge in [0.15, 0.2) is 5.13 Å². The number of carbonyl (C=O) groups excluding carboxylic acids is 2. The van der Waals surface area contributed by atoms with Crippen LogP contribution < -0.4 is 5.32 Å². The van der Waals surface area contributed by atoms with Crippen molar-refractivity contribution in [1.29, 1.82) is 0 Å². The summed E-state index contributed by atoms with van der Waals surface area (Å²) >= 11 is 1.30. The summed E-state index contributed by atoms with van der Waals surface area (Å²) < 4.78 is 10.6. The van der Waals surface area contributed by atoms with Crippen LogP contribution in [0, 0.1) is 0 Å². The lowest BCUT2D eigenvalue weighted by molar-refractivity contribution is -0.142. The third kappa shape index (κ3) is 3.88. The number of nitrogens with zero attached hydrogens (tertiary/aromatic N) is 1. The van der Waals surface area contributed by atoms with Gasteiger partial charge >= 0.3 is 5.97 Å². The maximum absolute atomic E-state index is 12.4. The van der Waals surface area contributed by atoms with E-state index in [1.54, 1.807) is 18.6 Å². The lowest BCUT2D eigenvalue weighted by atomic mass is 10.0. The second kappa shape index (κ2) is 7.52. The number of nitrogens with one attached hydrogen (secondary N) is 1. The molecule has 0 unspecified atom stereocenters. The molecule has 0 bridgehead atoms. The number of anilines is 1. The number of thiazole rings is 1. The van der Waals surface area contributed by atoms with Crippen molar-refractivity contribution in [2.75, 3.05) is 11.9 Å². The Labute approximate surface area is 160 Å². The van der Waals surface area contributed by atoms with Crippen molar-refractivity contribution in [2.24, 2.45) is 0 Å². The highest BCUT2D eigenvalue weighted by molar-refractivity contribution is 7.13. The minimum Gasteiger partial charge on any atom is -0.466 e. The molecule has 140 valence electrons. The first-order chi connectivity index (χ1) is 13.1. The Kier molecular flexibility index (Phi) is 4.94. The maximum Gasteiger partial charge on any atom is 0.311 e. The van der Waals surface area contributed by atoms with Crippen LogP contribution in [-0.4, -0.2) is 23.5 Å². The second-order valence-electron chi connectivity index (χ2n) is 6.58. The smallest absolute Gasteiger partial charge is 0.311 e. The fraction of sp³-hybridized carbons (Fsp3) is 0.350. The normalized spacial score (nSPS) is 12.9. The van der Waals surface area contributed by atoms with E-state index < -0.39 is 0 Å². The molecule has 2 aromatic heterocycles. The average molecular weight is 384 g/mol. The molecule has 0 fully saturated rings. The zero-order valence-electron chi connectivity index (χ0n) is 15.0. The predicted molar refractivity (Wildman–Crippen MR) is 103 cm³/mol. The summed E-state index contributed by atoms with van der Waals surface area (Å²) in [4.78, 5) is 28.2. The van der Waals surface area contributed by atoms with Gasteiger partial charge in [-0.3, -0.25) is 9.59 Å². The highest BCUT2D eigenvalue weighted by atomic mass is 32.1. The van der Waals surface area contributed by atoms with Gasteiger partial charge in [-0.1, -0.05) is 0 Å². The summed E-state index contributed by atoms with van der Waals surface area (Å²) in [6, 6.07) is 4.26. The number of aromatic nitrogens is 1. The molecule has 4 rings (SSSR count). The van der Waals surface area contributed by atoms with Gasteiger partial charge in [0, 0.05) is 16.3 Å². The summed E-state index contributed by atoms with van der Waals surface area (Å²) in [7, 11) is 0. The van der Waals surface area contributed by atoms with Gasteiger partial charge in [0.25, 0.3) is 0 Å². The fourth-order valence-electron chi connectivity index (χ4n) is 3.43. The number of hydrogen-bond acceptors (Lipinski definition) is 6. The van der Waals surface area contributed by atoms with Crippen molar-refractivity contribution >= 4 is 39.3 Å². The fourth-order valence-corrected chi connectivity index (χ4v) is 4.15. The number of furan rings is 1. The summed E-state index contributed by atoms with van der Waals surface area (Å²) in [6.07, 6.45) is 5.35. The van der Waals surface area contributed by atoms with Crippen molar-refractivity contribution in [3.8, 4) is 0 Å². The van der Waals surface area contributed by atoms with Crippen LogP contribution in [0.2, 0.25) is 0 Å². The van der Waals surface area contributed by atoms with Crippen molar-refractivity contribution in [3.63, 3.8) is 0 Å². The Morgan fingerprint density at radius 2 is 2.07 bits per heavy atom. The SMILES string of the molecule is CCOC(=O)Cc1csc(NC(=O)Cc2coc3cc4c(cc23)CCC4)n1. The summed E-state index contributed by atoms with van der Waals surface area (Å²) in [5.74, 6) is -0.478. The summed E-state index contributed by atoms with van der Waals surface area (Å²) in [6.45, 7) is 2.10. The van der Waals surface area contributed by atoms with E-state index in [1.165, 1.54) is 28.9 Å². The third-order valence-electron chi connectivity index (χ3n) is 4.65. The number of carbonyl (C=O) groups is 2. The number of esters is 1. The first-order valence-electron chi connectivity index (χ1n) is 9.04. The van der Waals surface area contributed by atoms with E-state index in [9.17, 15) is 9.59 Å². The summed E-state index contributed by atoms with van der Waals surface area (Å²) in [5, 5.41) is 6.04. The molecule has 1 aliphatic carbocycles. The van der Waals surface area contributed by atoms with E-state index in [2.05, 4.69) is 22.4 Å². The van der Waals surface area contributed by atoms with E-state index in [1.807, 2.05) is 0 Å². The molecular formula is C20H20N2O4S. The van der Waals surface area contributed by atoms with E-state index >= 15 is 0 Å². The molecule has 0 radical (unpaired) electrons. The number of hydrogen-bond donors (Lipinski definition) is 1. The largest absolute Gasteiger partial charge is 0.466 e. The van der Waals surface area contributed by atoms with Gasteiger partial charge in [0.05, 0.1) is 31.4 Å². The van der Waals surface area contributed by atoms with Gasteiger partial charge < -0.3 is 14.5 Å². The van der Waals surface area contributed by atoms with E-state index in [-0.39, 0.29) is 24.7 Å². The number of aryl methyl sites for hydroxylation is 2. The molecule has 0 aliphatic heterocycles. The molecule has 1 aliphatic rings. The molecule has 7 heteroatoms. The second-order valence-corrected chi connectivity index (χ2v) is 7.44. The standard InChI is InChI=1S/C20H20N2O4S/c1-2-25-19(24)9-15-11-27-20(21-15)22-18(23)8-14-10-26-17-7-13-5-3-4-12(13)6-16(14)17/h6-7,10-11H,2-5,8-9H2,1H3,(H,21,22,23). The summed E-state index contributed by atoms with van der Waals surface area (Å²) in [5.41, 5.74) is 5.02. The van der Waals surface area contributed by atoms with Crippen LogP contribution in [0.1, 0.15) is 35.7 Å². The van der Waals surface area contributed by atoms with Crippen LogP contribution >= 0.6 is 11.3 Å². The maximum atomic E-state index is 12.4. The Hall–Kier alpha value is -2.67. The molecule has 1 amide bonds. The molecule has 1 N–H and O–H groups in total. The Morgan fingerprint density at radius 1 is 1.26 bits per heavy atom. The topological polar surface area (TPSA) is 81.4 Å². The minimum absolute atomic E-state index is 0.109. The van der Waals surface area contributed by atoms with Crippen LogP contribution in [0.15, 0.2) is 28.2 Å². The minimum atomic E-state index is -0.321. The van der Waals surface area contributed by atoms with Crippen LogP contribution in [0.5, 0.6) is 0 Å². The molecule has 27 heavy (non-hydrogen) atoms. The van der Waals surface area contributed by atoms with Gasteiger partial charge in [-0.2, -0.15) is 0 Å². The van der Waals surface area contributed by atoms with Gasteiger partial charge in [-0.25, -0.2) is 4.98 Å². The molecule has 0 spiro atoms. The lowest BCUT2D eigenvalue weighted by Gasteiger charge is -2.02. The van der Waals surface area contributed by atoms with Gasteiger partial charge in [-0.05, 0) is 49.4 Å². The highest BCUT2D eigenvalue weighted by Gasteiger charge is 2.17. The zero-order chi connectivity index (χ0) is 18.8. The number of fused-ring (bicyclic) bond motifs is 2. The molecule has 0 saturated heterocycles. The number of benzene rings is 1. The molecule has 6 nitrogen and oxygen atoms in total. The third-order valence-corrected chi connectivity index (χ3v) is 5.45. The molecule has 1 aromatic carbocycles. The number of rotatable bonds is 6. The van der Waals surface area contributed by atoms with Crippen LogP contribution in [0.25, 0.3) is 11.0 Å². The lowest BCUT2D eigenvalue weighted by Crippen LogP contribution is -2.14. The first-order valence-corrected chi connectivity index (χ1v) is 9.92. The Balaban J connectivity index is 1.42. The Morgan fingerprint density at radius 3 is 2.89 bits per heavy atom. The Bertz CT molecular complexity index is 1000. The van der Waals surface area contributed by atoms with Gasteiger partial charge in [0.2, 0.25) is 5.91 Å². The first kappa shape index (κ1) is 17.7. The molecule has 2 heterocycles. The van der Waals surface area contributed by atoms with Crippen molar-refractivity contribution in [2.45, 2.75) is 39.0 Å². The molecule has 0 saturated carbocycles. The van der Waals surface area contributed by atoms with E-state index in [0.29, 0.717) is 17.4 Å². The van der Waals surface area contributed by atoms with Crippen molar-refractivity contribution < 1.29 is 18.7 Å². The predicted octanol–water partition coefficient (Wildman–Crippen LogP) is 3.66. The van der Waals surface area contributed by atoms with Gasteiger partial charge in [-0.15, -0.1) is 11.3 Å². The number of ether oxygens (including phenoxy) is 1. The zero-order valence-corrected chi connectivity index (χ0v) is 15.9. The monoisotopic (exact) mass is 384 g/mol. The molecular weight excluding hydrogens is 364 g/mol. The van der Waals surface area contributed by atoms with E-state index in [0.717, 1.165) is 29.4 Å². The van der Waals surface area contributed by atoms with E-state index in [4.69, 9.17) is 9.15 Å². The van der Waals surface area contributed by atoms with Crippen LogP contribution in [0.3, 0.4) is 0 Å². The average Bonchev–Trinajstić information content (AvgIpc) is 3.34. The molecule has 0 atom stereocenters. The highest BCUT2D eigenvalue weighted by Crippen LogP contribution is 2.30. The quantitative estimate of drug-likeness (QED) is 0.656. The van der Waals surface area contributed by atoms with Crippen molar-refractivity contribution in [1.82, 2.24) is 4.98 Å². The molecule has 3 aromatic rings. The van der Waals surface area contributed by atoms with Crippen LogP contribution in [0.4, 0.5) is 5.13 Å². The number of amides is 1.